The second kappa shape index (κ2) is 7.79. The molecule has 1 aromatic heterocycles. The minimum Gasteiger partial charge on any atom is -0.416 e. The molecule has 1 aliphatic carbocycles. The van der Waals surface area contributed by atoms with E-state index in [1.807, 2.05) is 0 Å². The summed E-state index contributed by atoms with van der Waals surface area (Å²) in [5.41, 5.74) is 0. The van der Waals surface area contributed by atoms with Gasteiger partial charge in [0.05, 0.1) is 0 Å². The zero-order valence-corrected chi connectivity index (χ0v) is 11.6. The van der Waals surface area contributed by atoms with Crippen molar-refractivity contribution in [3.63, 3.8) is 0 Å². The molecule has 18 heavy (non-hydrogen) atoms. The zero-order chi connectivity index (χ0) is 12.6. The topological polar surface area (TPSA) is 59.2 Å². The highest BCUT2D eigenvalue weighted by molar-refractivity contribution is 7.99. The normalized spacial score (nSPS) is 17.2. The second-order valence-electron chi connectivity index (χ2n) is 4.93. The van der Waals surface area contributed by atoms with Gasteiger partial charge in [-0.2, -0.15) is 0 Å². The summed E-state index contributed by atoms with van der Waals surface area (Å²) in [4.78, 5) is 0. The third-order valence-electron chi connectivity index (χ3n) is 3.47. The fourth-order valence-electron chi connectivity index (χ4n) is 2.43. The Morgan fingerprint density at radius 1 is 1.22 bits per heavy atom. The van der Waals surface area contributed by atoms with Gasteiger partial charge in [0.15, 0.2) is 0 Å². The van der Waals surface area contributed by atoms with Gasteiger partial charge in [0.1, 0.15) is 0 Å². The minimum absolute atomic E-state index is 0.218. The van der Waals surface area contributed by atoms with E-state index >= 15 is 0 Å². The van der Waals surface area contributed by atoms with Gasteiger partial charge in [-0.05, 0) is 18.8 Å². The monoisotopic (exact) mass is 270 g/mol. The zero-order valence-electron chi connectivity index (χ0n) is 10.8. The largest absolute Gasteiger partial charge is 0.416 e. The van der Waals surface area contributed by atoms with Gasteiger partial charge < -0.3 is 9.52 Å². The first kappa shape index (κ1) is 13.9. The van der Waals surface area contributed by atoms with Crippen LogP contribution in [0.25, 0.3) is 0 Å². The van der Waals surface area contributed by atoms with Crippen LogP contribution >= 0.6 is 11.8 Å². The van der Waals surface area contributed by atoms with Crippen LogP contribution in [0.15, 0.2) is 9.64 Å². The van der Waals surface area contributed by atoms with Crippen molar-refractivity contribution in [1.29, 1.82) is 0 Å². The van der Waals surface area contributed by atoms with Crippen LogP contribution in [-0.4, -0.2) is 27.7 Å². The molecule has 0 radical (unpaired) electrons. The molecule has 0 unspecified atom stereocenters. The molecular weight excluding hydrogens is 248 g/mol. The van der Waals surface area contributed by atoms with E-state index in [1.165, 1.54) is 50.3 Å². The molecule has 1 N–H and O–H groups in total. The number of nitrogens with zero attached hydrogens (tertiary/aromatic N) is 2. The van der Waals surface area contributed by atoms with E-state index in [9.17, 15) is 0 Å². The summed E-state index contributed by atoms with van der Waals surface area (Å²) >= 11 is 1.53. The highest BCUT2D eigenvalue weighted by atomic mass is 32.2. The smallest absolute Gasteiger partial charge is 0.276 e. The van der Waals surface area contributed by atoms with E-state index in [2.05, 4.69) is 10.2 Å². The van der Waals surface area contributed by atoms with Crippen molar-refractivity contribution in [3.05, 3.63) is 5.89 Å². The lowest BCUT2D eigenvalue weighted by molar-refractivity contribution is 0.296. The standard InChI is InChI=1S/C13H22N2O2S/c16-9-4-10-18-13-15-14-12(17-13)8-7-11-5-2-1-3-6-11/h11,16H,1-10H2. The molecule has 2 rings (SSSR count). The van der Waals surface area contributed by atoms with E-state index in [4.69, 9.17) is 9.52 Å². The highest BCUT2D eigenvalue weighted by Crippen LogP contribution is 2.27. The second-order valence-corrected chi connectivity index (χ2v) is 5.98. The van der Waals surface area contributed by atoms with Crippen molar-refractivity contribution >= 4 is 11.8 Å². The lowest BCUT2D eigenvalue weighted by Crippen LogP contribution is -2.07. The third kappa shape index (κ3) is 4.61. The molecule has 4 nitrogen and oxygen atoms in total. The van der Waals surface area contributed by atoms with Gasteiger partial charge in [-0.15, -0.1) is 10.2 Å². The molecule has 0 amide bonds. The molecule has 1 saturated carbocycles. The van der Waals surface area contributed by atoms with Crippen molar-refractivity contribution in [2.45, 2.75) is 56.6 Å². The van der Waals surface area contributed by atoms with Crippen molar-refractivity contribution < 1.29 is 9.52 Å². The van der Waals surface area contributed by atoms with Crippen molar-refractivity contribution in [3.8, 4) is 0 Å². The third-order valence-corrected chi connectivity index (χ3v) is 4.37. The van der Waals surface area contributed by atoms with Crippen LogP contribution in [0.1, 0.15) is 50.8 Å². The quantitative estimate of drug-likeness (QED) is 0.609. The minimum atomic E-state index is 0.218. The Morgan fingerprint density at radius 2 is 2.06 bits per heavy atom. The fourth-order valence-corrected chi connectivity index (χ4v) is 3.13. The predicted octanol–water partition coefficient (Wildman–Crippen LogP) is 3.06. The molecule has 1 aromatic rings. The van der Waals surface area contributed by atoms with Gasteiger partial charge in [-0.1, -0.05) is 43.9 Å². The lowest BCUT2D eigenvalue weighted by atomic mass is 9.86. The Labute approximate surface area is 113 Å². The first-order chi connectivity index (χ1) is 8.88. The molecule has 0 spiro atoms. The Morgan fingerprint density at radius 3 is 2.83 bits per heavy atom. The summed E-state index contributed by atoms with van der Waals surface area (Å²) in [7, 11) is 0. The summed E-state index contributed by atoms with van der Waals surface area (Å²) in [5, 5.41) is 17.4. The van der Waals surface area contributed by atoms with Crippen molar-refractivity contribution in [2.75, 3.05) is 12.4 Å². The average molecular weight is 270 g/mol. The average Bonchev–Trinajstić information content (AvgIpc) is 2.86. The maximum Gasteiger partial charge on any atom is 0.276 e. The van der Waals surface area contributed by atoms with Crippen LogP contribution in [0.2, 0.25) is 0 Å². The van der Waals surface area contributed by atoms with Gasteiger partial charge in [-0.25, -0.2) is 0 Å². The van der Waals surface area contributed by atoms with Gasteiger partial charge in [-0.3, -0.25) is 0 Å². The van der Waals surface area contributed by atoms with E-state index in [0.717, 1.165) is 30.4 Å². The molecule has 1 fully saturated rings. The summed E-state index contributed by atoms with van der Waals surface area (Å²) < 4.78 is 5.58. The fraction of sp³-hybridized carbons (Fsp3) is 0.846. The molecule has 0 aromatic carbocycles. The van der Waals surface area contributed by atoms with E-state index in [1.54, 1.807) is 0 Å². The summed E-state index contributed by atoms with van der Waals surface area (Å²) in [6.45, 7) is 0.218. The van der Waals surface area contributed by atoms with Gasteiger partial charge in [0.2, 0.25) is 5.89 Å². The molecule has 0 aliphatic heterocycles. The molecule has 1 heterocycles. The van der Waals surface area contributed by atoms with E-state index < -0.39 is 0 Å². The van der Waals surface area contributed by atoms with Crippen molar-refractivity contribution in [2.24, 2.45) is 5.92 Å². The van der Waals surface area contributed by atoms with E-state index in [0.29, 0.717) is 5.22 Å². The van der Waals surface area contributed by atoms with Crippen molar-refractivity contribution in [1.82, 2.24) is 10.2 Å². The van der Waals surface area contributed by atoms with Crippen LogP contribution in [0.4, 0.5) is 0 Å². The number of aliphatic hydroxyl groups excluding tert-OH is 1. The van der Waals surface area contributed by atoms with Crippen LogP contribution < -0.4 is 0 Å². The summed E-state index contributed by atoms with van der Waals surface area (Å²) in [6, 6.07) is 0. The molecule has 5 heteroatoms. The number of aryl methyl sites for hydroxylation is 1. The van der Waals surface area contributed by atoms with Gasteiger partial charge in [0, 0.05) is 18.8 Å². The Bertz CT molecular complexity index is 337. The molecule has 0 bridgehead atoms. The Kier molecular flexibility index (Phi) is 6.00. The number of aromatic nitrogens is 2. The first-order valence-corrected chi connectivity index (χ1v) is 7.93. The van der Waals surface area contributed by atoms with Crippen LogP contribution in [0, 0.1) is 5.92 Å². The SMILES string of the molecule is OCCCSc1nnc(CCC2CCCCC2)o1. The van der Waals surface area contributed by atoms with Gasteiger partial charge in [0.25, 0.3) is 5.22 Å². The number of aliphatic hydroxyl groups is 1. The maximum absolute atomic E-state index is 8.70. The van der Waals surface area contributed by atoms with Crippen LogP contribution in [-0.2, 0) is 6.42 Å². The molecule has 1 aliphatic rings. The highest BCUT2D eigenvalue weighted by Gasteiger charge is 2.15. The molecule has 102 valence electrons. The maximum atomic E-state index is 8.70. The summed E-state index contributed by atoms with van der Waals surface area (Å²) in [5.74, 6) is 2.46. The first-order valence-electron chi connectivity index (χ1n) is 6.94. The predicted molar refractivity (Wildman–Crippen MR) is 71.6 cm³/mol. The molecule has 0 saturated heterocycles. The number of thioether (sulfide) groups is 1. The number of hydrogen-bond donors (Lipinski definition) is 1. The van der Waals surface area contributed by atoms with E-state index in [-0.39, 0.29) is 6.61 Å². The Hall–Kier alpha value is -0.550. The Balaban J connectivity index is 1.69. The van der Waals surface area contributed by atoms with Crippen LogP contribution in [0.3, 0.4) is 0 Å². The summed E-state index contributed by atoms with van der Waals surface area (Å²) in [6.07, 6.45) is 9.78. The van der Waals surface area contributed by atoms with Gasteiger partial charge >= 0.3 is 0 Å². The molecule has 0 atom stereocenters. The lowest BCUT2D eigenvalue weighted by Gasteiger charge is -2.20. The number of rotatable bonds is 7. The molecular formula is C13H22N2O2S. The number of hydrogen-bond acceptors (Lipinski definition) is 5. The van der Waals surface area contributed by atoms with Crippen LogP contribution in [0.5, 0.6) is 0 Å².